The number of nitrogens with zero attached hydrogens (tertiary/aromatic N) is 6. The average molecular weight is 501 g/mol. The quantitative estimate of drug-likeness (QED) is 0.363. The Morgan fingerprint density at radius 2 is 1.49 bits per heavy atom. The van der Waals surface area contributed by atoms with Crippen molar-refractivity contribution in [1.82, 2.24) is 24.7 Å². The molecule has 37 heavy (non-hydrogen) atoms. The first kappa shape index (κ1) is 23.9. The first-order valence-corrected chi connectivity index (χ1v) is 11.6. The number of amides is 2. The van der Waals surface area contributed by atoms with Crippen molar-refractivity contribution in [3.05, 3.63) is 72.1 Å². The van der Waals surface area contributed by atoms with Crippen LogP contribution in [0.25, 0.3) is 17.3 Å². The van der Waals surface area contributed by atoms with E-state index in [-0.39, 0.29) is 5.56 Å². The second-order valence-corrected chi connectivity index (χ2v) is 8.30. The Hall–Kier alpha value is -4.84. The molecule has 0 radical (unpaired) electrons. The summed E-state index contributed by atoms with van der Waals surface area (Å²) in [5, 5.41) is 18.8. The van der Waals surface area contributed by atoms with Crippen LogP contribution < -0.4 is 15.5 Å². The van der Waals surface area contributed by atoms with E-state index in [9.17, 15) is 9.59 Å². The normalized spacial score (nSPS) is 13.3. The first-order chi connectivity index (χ1) is 17.9. The van der Waals surface area contributed by atoms with Gasteiger partial charge >= 0.3 is 12.0 Å². The van der Waals surface area contributed by atoms with Gasteiger partial charge in [0.15, 0.2) is 5.82 Å². The molecule has 0 spiro atoms. The molecule has 0 aliphatic carbocycles. The number of carbonyl (C=O) groups is 2. The number of aromatic nitrogens is 5. The molecular weight excluding hydrogens is 476 g/mol. The van der Waals surface area contributed by atoms with Crippen molar-refractivity contribution >= 4 is 29.3 Å². The largest absolute Gasteiger partial charge is 0.478 e. The minimum atomic E-state index is -1.03. The Labute approximate surface area is 212 Å². The maximum atomic E-state index is 12.4. The Kier molecular flexibility index (Phi) is 6.72. The van der Waals surface area contributed by atoms with Crippen molar-refractivity contribution in [2.24, 2.45) is 0 Å². The van der Waals surface area contributed by atoms with Crippen molar-refractivity contribution in [3.8, 4) is 17.3 Å². The van der Waals surface area contributed by atoms with Crippen molar-refractivity contribution in [2.45, 2.75) is 6.92 Å². The molecule has 2 aromatic heterocycles. The highest BCUT2D eigenvalue weighted by Gasteiger charge is 2.18. The lowest BCUT2D eigenvalue weighted by Gasteiger charge is -2.27. The Bertz CT molecular complexity index is 1410. The van der Waals surface area contributed by atoms with E-state index in [1.165, 1.54) is 24.3 Å². The number of benzene rings is 2. The summed E-state index contributed by atoms with van der Waals surface area (Å²) in [5.74, 6) is 0.411. The first-order valence-electron chi connectivity index (χ1n) is 11.6. The molecule has 0 saturated carbocycles. The molecule has 1 fully saturated rings. The van der Waals surface area contributed by atoms with E-state index in [0.29, 0.717) is 55.4 Å². The monoisotopic (exact) mass is 500 g/mol. The molecule has 1 saturated heterocycles. The molecular formula is C25H24N8O4. The number of carboxylic acid groups (broad SMARTS) is 1. The summed E-state index contributed by atoms with van der Waals surface area (Å²) in [6, 6.07) is 14.4. The fourth-order valence-corrected chi connectivity index (χ4v) is 3.71. The molecule has 3 heterocycles. The van der Waals surface area contributed by atoms with Gasteiger partial charge in [0, 0.05) is 36.2 Å². The summed E-state index contributed by atoms with van der Waals surface area (Å²) in [6.07, 6.45) is 1.80. The van der Waals surface area contributed by atoms with Crippen molar-refractivity contribution < 1.29 is 19.4 Å². The maximum absolute atomic E-state index is 12.4. The lowest BCUT2D eigenvalue weighted by atomic mass is 10.2. The lowest BCUT2D eigenvalue weighted by molar-refractivity contribution is 0.0697. The standard InChI is InChI=1S/C25H24N8O4/c1-16-10-11-33(31-16)24-29-21(28-23(30-24)32-12-14-37-15-13-32)17-2-6-19(7-3-17)26-25(36)27-20-8-4-18(5-9-20)22(34)35/h2-11H,12-15H2,1H3,(H,34,35)(H2,26,27,36). The molecule has 2 aromatic carbocycles. The second-order valence-electron chi connectivity index (χ2n) is 8.30. The van der Waals surface area contributed by atoms with E-state index in [4.69, 9.17) is 14.8 Å². The van der Waals surface area contributed by atoms with Crippen LogP contribution in [-0.2, 0) is 4.74 Å². The van der Waals surface area contributed by atoms with E-state index >= 15 is 0 Å². The topological polar surface area (TPSA) is 147 Å². The molecule has 188 valence electrons. The number of hydrogen-bond donors (Lipinski definition) is 3. The van der Waals surface area contributed by atoms with E-state index in [1.54, 1.807) is 23.0 Å². The summed E-state index contributed by atoms with van der Waals surface area (Å²) < 4.78 is 7.08. The number of carbonyl (C=O) groups excluding carboxylic acids is 1. The van der Waals surface area contributed by atoms with Crippen LogP contribution in [0.15, 0.2) is 60.8 Å². The molecule has 1 aliphatic rings. The summed E-state index contributed by atoms with van der Waals surface area (Å²) in [4.78, 5) is 39.4. The highest BCUT2D eigenvalue weighted by Crippen LogP contribution is 2.22. The van der Waals surface area contributed by atoms with Crippen LogP contribution in [0.5, 0.6) is 0 Å². The Balaban J connectivity index is 1.34. The van der Waals surface area contributed by atoms with Gasteiger partial charge in [-0.1, -0.05) is 0 Å². The van der Waals surface area contributed by atoms with Crippen LogP contribution in [0, 0.1) is 6.92 Å². The SMILES string of the molecule is Cc1ccn(-c2nc(-c3ccc(NC(=O)Nc4ccc(C(=O)O)cc4)cc3)nc(N3CCOCC3)n2)n1. The van der Waals surface area contributed by atoms with E-state index in [0.717, 1.165) is 11.3 Å². The lowest BCUT2D eigenvalue weighted by Crippen LogP contribution is -2.37. The van der Waals surface area contributed by atoms with Crippen molar-refractivity contribution in [3.63, 3.8) is 0 Å². The number of urea groups is 1. The van der Waals surface area contributed by atoms with Crippen molar-refractivity contribution in [2.75, 3.05) is 41.8 Å². The van der Waals surface area contributed by atoms with E-state index in [1.807, 2.05) is 25.1 Å². The fraction of sp³-hybridized carbons (Fsp3) is 0.200. The van der Waals surface area contributed by atoms with Gasteiger partial charge in [-0.15, -0.1) is 0 Å². The maximum Gasteiger partial charge on any atom is 0.335 e. The molecule has 12 heteroatoms. The summed E-state index contributed by atoms with van der Waals surface area (Å²) in [7, 11) is 0. The zero-order valence-electron chi connectivity index (χ0n) is 20.0. The van der Waals surface area contributed by atoms with E-state index in [2.05, 4.69) is 30.6 Å². The third-order valence-corrected chi connectivity index (χ3v) is 5.62. The highest BCUT2D eigenvalue weighted by atomic mass is 16.5. The second kappa shape index (κ2) is 10.4. The summed E-state index contributed by atoms with van der Waals surface area (Å²) >= 11 is 0. The van der Waals surface area contributed by atoms with Gasteiger partial charge in [0.05, 0.1) is 24.5 Å². The van der Waals surface area contributed by atoms with Gasteiger partial charge in [0.25, 0.3) is 5.95 Å². The molecule has 12 nitrogen and oxygen atoms in total. The number of carboxylic acids is 1. The number of rotatable bonds is 6. The fourth-order valence-electron chi connectivity index (χ4n) is 3.71. The number of nitrogens with one attached hydrogen (secondary N) is 2. The van der Waals surface area contributed by atoms with Crippen LogP contribution >= 0.6 is 0 Å². The third-order valence-electron chi connectivity index (χ3n) is 5.62. The molecule has 1 aliphatic heterocycles. The predicted molar refractivity (Wildman–Crippen MR) is 136 cm³/mol. The summed E-state index contributed by atoms with van der Waals surface area (Å²) in [5.41, 5.74) is 2.77. The van der Waals surface area contributed by atoms with Gasteiger partial charge in [0.2, 0.25) is 5.95 Å². The molecule has 0 unspecified atom stereocenters. The highest BCUT2D eigenvalue weighted by molar-refractivity contribution is 6.00. The minimum Gasteiger partial charge on any atom is -0.478 e. The van der Waals surface area contributed by atoms with Crippen LogP contribution in [0.2, 0.25) is 0 Å². The summed E-state index contributed by atoms with van der Waals surface area (Å²) in [6.45, 7) is 4.46. The minimum absolute atomic E-state index is 0.141. The third kappa shape index (κ3) is 5.70. The number of aromatic carboxylic acids is 1. The van der Waals surface area contributed by atoms with Crippen LogP contribution in [0.4, 0.5) is 22.1 Å². The van der Waals surface area contributed by atoms with E-state index < -0.39 is 12.0 Å². The Morgan fingerprint density at radius 3 is 2.08 bits per heavy atom. The number of ether oxygens (including phenoxy) is 1. The number of hydrogen-bond acceptors (Lipinski definition) is 8. The molecule has 0 bridgehead atoms. The number of anilines is 3. The molecule has 0 atom stereocenters. The Morgan fingerprint density at radius 1 is 0.865 bits per heavy atom. The van der Waals surface area contributed by atoms with Crippen LogP contribution in [0.3, 0.4) is 0 Å². The number of morpholine rings is 1. The predicted octanol–water partition coefficient (Wildman–Crippen LogP) is 3.21. The smallest absolute Gasteiger partial charge is 0.335 e. The van der Waals surface area contributed by atoms with Gasteiger partial charge < -0.3 is 25.4 Å². The van der Waals surface area contributed by atoms with Gasteiger partial charge in [-0.2, -0.15) is 20.1 Å². The van der Waals surface area contributed by atoms with Gasteiger partial charge in [-0.25, -0.2) is 14.3 Å². The van der Waals surface area contributed by atoms with Crippen molar-refractivity contribution in [1.29, 1.82) is 0 Å². The zero-order chi connectivity index (χ0) is 25.8. The van der Waals surface area contributed by atoms with Gasteiger partial charge in [-0.05, 0) is 61.5 Å². The van der Waals surface area contributed by atoms with Gasteiger partial charge in [-0.3, -0.25) is 0 Å². The average Bonchev–Trinajstić information content (AvgIpc) is 3.36. The van der Waals surface area contributed by atoms with Gasteiger partial charge in [0.1, 0.15) is 0 Å². The molecule has 3 N–H and O–H groups in total. The molecule has 4 aromatic rings. The van der Waals surface area contributed by atoms with Crippen LogP contribution in [-0.4, -0.2) is 68.1 Å². The molecule has 2 amide bonds. The zero-order valence-corrected chi connectivity index (χ0v) is 20.0. The molecule has 5 rings (SSSR count). The van der Waals surface area contributed by atoms with Crippen LogP contribution in [0.1, 0.15) is 16.1 Å². The number of aryl methyl sites for hydroxylation is 1.